The van der Waals surface area contributed by atoms with Crippen molar-refractivity contribution in [2.24, 2.45) is 5.73 Å². The third-order valence-electron chi connectivity index (χ3n) is 7.60. The van der Waals surface area contributed by atoms with Crippen molar-refractivity contribution < 1.29 is 29.0 Å². The van der Waals surface area contributed by atoms with Gasteiger partial charge in [0.05, 0.1) is 5.69 Å². The third kappa shape index (κ3) is 8.50. The number of hydrogen-bond donors (Lipinski definition) is 4. The fraction of sp³-hybridized carbons (Fsp3) is 0.333. The van der Waals surface area contributed by atoms with Gasteiger partial charge in [-0.1, -0.05) is 60.1 Å². The van der Waals surface area contributed by atoms with E-state index in [1.54, 1.807) is 30.3 Å². The molecule has 0 aromatic heterocycles. The third-order valence-corrected chi connectivity index (χ3v) is 7.97. The van der Waals surface area contributed by atoms with Gasteiger partial charge < -0.3 is 26.2 Å². The van der Waals surface area contributed by atoms with E-state index >= 15 is 0 Å². The Kier molecular flexibility index (Phi) is 11.2. The molecular formula is C33H37ClN4O6. The van der Waals surface area contributed by atoms with Gasteiger partial charge in [0.25, 0.3) is 0 Å². The first-order valence-electron chi connectivity index (χ1n) is 14.6. The first-order chi connectivity index (χ1) is 21.1. The molecule has 0 spiro atoms. The summed E-state index contributed by atoms with van der Waals surface area (Å²) in [5.74, 6) is -1.50. The van der Waals surface area contributed by atoms with Gasteiger partial charge in [0.2, 0.25) is 17.7 Å². The van der Waals surface area contributed by atoms with Crippen molar-refractivity contribution in [3.8, 4) is 5.75 Å². The number of amides is 4. The molecule has 232 valence electrons. The number of carbonyl (C=O) groups is 4. The summed E-state index contributed by atoms with van der Waals surface area (Å²) in [5, 5.41) is 16.3. The molecule has 3 aromatic rings. The quantitative estimate of drug-likeness (QED) is 0.209. The summed E-state index contributed by atoms with van der Waals surface area (Å²) >= 11 is 6.11. The second-order valence-electron chi connectivity index (χ2n) is 10.8. The topological polar surface area (TPSA) is 151 Å². The summed E-state index contributed by atoms with van der Waals surface area (Å²) in [6.45, 7) is 2.15. The van der Waals surface area contributed by atoms with Crippen molar-refractivity contribution in [2.45, 2.75) is 64.1 Å². The Labute approximate surface area is 261 Å². The van der Waals surface area contributed by atoms with Gasteiger partial charge in [0, 0.05) is 36.0 Å². The molecule has 0 radical (unpaired) electrons. The second kappa shape index (κ2) is 15.2. The number of nitrogens with zero attached hydrogens (tertiary/aromatic N) is 1. The largest absolute Gasteiger partial charge is 0.508 e. The molecule has 0 aliphatic carbocycles. The molecule has 1 heterocycles. The van der Waals surface area contributed by atoms with Gasteiger partial charge in [-0.05, 0) is 61.4 Å². The Morgan fingerprint density at radius 3 is 2.50 bits per heavy atom. The number of aromatic hydroxyl groups is 1. The summed E-state index contributed by atoms with van der Waals surface area (Å²) in [5.41, 5.74) is 9.33. The number of benzene rings is 3. The number of alkyl carbamates (subject to hydrolysis) is 1. The number of phenols is 1. The Balaban J connectivity index is 1.45. The average Bonchev–Trinajstić information content (AvgIpc) is 2.99. The summed E-state index contributed by atoms with van der Waals surface area (Å²) < 4.78 is 5.24. The molecule has 4 amide bonds. The molecule has 0 fully saturated rings. The van der Waals surface area contributed by atoms with Gasteiger partial charge in [-0.25, -0.2) is 4.79 Å². The number of rotatable bonds is 13. The van der Waals surface area contributed by atoms with Gasteiger partial charge in [-0.15, -0.1) is 0 Å². The van der Waals surface area contributed by atoms with E-state index in [9.17, 15) is 24.3 Å². The number of aryl methyl sites for hydroxylation is 1. The van der Waals surface area contributed by atoms with Crippen LogP contribution in [0.1, 0.15) is 47.9 Å². The zero-order chi connectivity index (χ0) is 31.6. The minimum Gasteiger partial charge on any atom is -0.508 e. The molecule has 0 saturated carbocycles. The lowest BCUT2D eigenvalue weighted by molar-refractivity contribution is -0.130. The number of anilines is 1. The number of hydrogen-bond acceptors (Lipinski definition) is 6. The van der Waals surface area contributed by atoms with Crippen LogP contribution in [0.25, 0.3) is 0 Å². The van der Waals surface area contributed by atoms with Crippen LogP contribution in [0.3, 0.4) is 0 Å². The van der Waals surface area contributed by atoms with E-state index in [4.69, 9.17) is 22.1 Å². The number of ether oxygens (including phenoxy) is 1. The molecule has 5 N–H and O–H groups in total. The van der Waals surface area contributed by atoms with E-state index in [2.05, 4.69) is 10.6 Å². The van der Waals surface area contributed by atoms with Crippen molar-refractivity contribution >= 4 is 41.1 Å². The van der Waals surface area contributed by atoms with E-state index in [1.165, 1.54) is 11.0 Å². The van der Waals surface area contributed by atoms with E-state index in [0.29, 0.717) is 35.5 Å². The molecule has 0 unspecified atom stereocenters. The molecule has 44 heavy (non-hydrogen) atoms. The van der Waals surface area contributed by atoms with Crippen LogP contribution in [0, 0.1) is 6.92 Å². The van der Waals surface area contributed by atoms with Crippen molar-refractivity contribution in [1.29, 1.82) is 0 Å². The molecular weight excluding hydrogens is 584 g/mol. The van der Waals surface area contributed by atoms with Gasteiger partial charge in [0.15, 0.2) is 0 Å². The van der Waals surface area contributed by atoms with Crippen LogP contribution in [0.5, 0.6) is 5.75 Å². The minimum absolute atomic E-state index is 0.0151. The Morgan fingerprint density at radius 1 is 1.05 bits per heavy atom. The zero-order valence-corrected chi connectivity index (χ0v) is 25.3. The SMILES string of the molecule is Cc1cc(O)cc2c1CCC(=O)N2[C@@H](CCCCNC(=O)OCc1ccccc1Cl)C(=O)N[C@@H](Cc1ccccc1)C(N)=O. The lowest BCUT2D eigenvalue weighted by Crippen LogP contribution is -2.56. The minimum atomic E-state index is -0.993. The van der Waals surface area contributed by atoms with Crippen molar-refractivity contribution in [3.63, 3.8) is 0 Å². The van der Waals surface area contributed by atoms with Crippen LogP contribution >= 0.6 is 11.6 Å². The molecule has 11 heteroatoms. The Hall–Kier alpha value is -4.57. The smallest absolute Gasteiger partial charge is 0.407 e. The van der Waals surface area contributed by atoms with E-state index in [1.807, 2.05) is 37.3 Å². The number of nitrogens with one attached hydrogen (secondary N) is 2. The van der Waals surface area contributed by atoms with Crippen molar-refractivity contribution in [1.82, 2.24) is 10.6 Å². The summed E-state index contributed by atoms with van der Waals surface area (Å²) in [7, 11) is 0. The normalized spacial score (nSPS) is 13.9. The molecule has 10 nitrogen and oxygen atoms in total. The number of fused-ring (bicyclic) bond motifs is 1. The maximum absolute atomic E-state index is 13.8. The summed E-state index contributed by atoms with van der Waals surface area (Å²) in [4.78, 5) is 53.1. The number of nitrogens with two attached hydrogens (primary N) is 1. The van der Waals surface area contributed by atoms with Crippen LogP contribution in [0.4, 0.5) is 10.5 Å². The van der Waals surface area contributed by atoms with Crippen LogP contribution in [0.15, 0.2) is 66.7 Å². The highest BCUT2D eigenvalue weighted by atomic mass is 35.5. The summed E-state index contributed by atoms with van der Waals surface area (Å²) in [6, 6.07) is 17.4. The van der Waals surface area contributed by atoms with Gasteiger partial charge >= 0.3 is 6.09 Å². The fourth-order valence-corrected chi connectivity index (χ4v) is 5.52. The maximum Gasteiger partial charge on any atom is 0.407 e. The summed E-state index contributed by atoms with van der Waals surface area (Å²) in [6.07, 6.45) is 1.46. The van der Waals surface area contributed by atoms with Crippen LogP contribution in [-0.2, 0) is 38.6 Å². The second-order valence-corrected chi connectivity index (χ2v) is 11.2. The zero-order valence-electron chi connectivity index (χ0n) is 24.6. The molecule has 4 rings (SSSR count). The maximum atomic E-state index is 13.8. The number of primary amides is 1. The van der Waals surface area contributed by atoms with Gasteiger partial charge in [-0.3, -0.25) is 19.3 Å². The van der Waals surface area contributed by atoms with Gasteiger partial charge in [-0.2, -0.15) is 0 Å². The highest BCUT2D eigenvalue weighted by Gasteiger charge is 2.36. The van der Waals surface area contributed by atoms with Crippen LogP contribution < -0.4 is 21.3 Å². The predicted octanol–water partition coefficient (Wildman–Crippen LogP) is 4.31. The molecule has 0 saturated heterocycles. The van der Waals surface area contributed by atoms with Crippen molar-refractivity contribution in [3.05, 3.63) is 94.0 Å². The monoisotopic (exact) mass is 620 g/mol. The number of halogens is 1. The molecule has 2 atom stereocenters. The Morgan fingerprint density at radius 2 is 1.77 bits per heavy atom. The molecule has 1 aliphatic heterocycles. The number of phenolic OH excluding ortho intramolecular Hbond substituents is 1. The van der Waals surface area contributed by atoms with Crippen molar-refractivity contribution in [2.75, 3.05) is 11.4 Å². The highest BCUT2D eigenvalue weighted by molar-refractivity contribution is 6.31. The first-order valence-corrected chi connectivity index (χ1v) is 14.9. The molecule has 0 bridgehead atoms. The van der Waals surface area contributed by atoms with Gasteiger partial charge in [0.1, 0.15) is 24.4 Å². The lowest BCUT2D eigenvalue weighted by atomic mass is 9.93. The fourth-order valence-electron chi connectivity index (χ4n) is 5.33. The lowest BCUT2D eigenvalue weighted by Gasteiger charge is -2.36. The highest BCUT2D eigenvalue weighted by Crippen LogP contribution is 2.36. The molecule has 1 aliphatic rings. The number of carbonyl (C=O) groups excluding carboxylic acids is 4. The van der Waals surface area contributed by atoms with Crippen LogP contribution in [-0.4, -0.2) is 47.5 Å². The Bertz CT molecular complexity index is 1500. The standard InChI is InChI=1S/C33H37ClN4O6/c1-21-17-24(39)19-29-25(21)14-15-30(40)38(29)28(32(42)37-27(31(35)41)18-22-9-3-2-4-10-22)13-7-8-16-36-33(43)44-20-23-11-5-6-12-26(23)34/h2-6,9-12,17,19,27-28,39H,7-8,13-16,18,20H2,1H3,(H2,35,41)(H,36,43)(H,37,42)/t27-,28-/m0/s1. The van der Waals surface area contributed by atoms with E-state index in [-0.39, 0.29) is 44.1 Å². The number of unbranched alkanes of at least 4 members (excludes halogenated alkanes) is 1. The van der Waals surface area contributed by atoms with E-state index < -0.39 is 30.0 Å². The van der Waals surface area contributed by atoms with E-state index in [0.717, 1.165) is 16.7 Å². The first kappa shape index (κ1) is 32.3. The molecule has 3 aromatic carbocycles. The van der Waals surface area contributed by atoms with Crippen LogP contribution in [0.2, 0.25) is 5.02 Å². The average molecular weight is 621 g/mol. The predicted molar refractivity (Wildman–Crippen MR) is 167 cm³/mol.